The molecule has 3 aliphatic carbocycles. The van der Waals surface area contributed by atoms with Crippen LogP contribution in [-0.2, 0) is 6.42 Å². The smallest absolute Gasteiger partial charge is 0.119 e. The van der Waals surface area contributed by atoms with Crippen LogP contribution in [0.15, 0.2) is 23.4 Å². The zero-order valence-corrected chi connectivity index (χ0v) is 13.5. The molecule has 0 saturated heterocycles. The van der Waals surface area contributed by atoms with Gasteiger partial charge in [-0.3, -0.25) is 0 Å². The number of nitroso groups, excluding NO2 is 1. The van der Waals surface area contributed by atoms with Gasteiger partial charge in [0.2, 0.25) is 0 Å². The van der Waals surface area contributed by atoms with Crippen molar-refractivity contribution in [3.63, 3.8) is 0 Å². The van der Waals surface area contributed by atoms with Crippen molar-refractivity contribution in [2.24, 2.45) is 22.4 Å². The van der Waals surface area contributed by atoms with E-state index in [9.17, 15) is 4.91 Å². The van der Waals surface area contributed by atoms with Crippen LogP contribution in [0.1, 0.15) is 56.1 Å². The third kappa shape index (κ3) is 1.87. The summed E-state index contributed by atoms with van der Waals surface area (Å²) in [6, 6.07) is 6.68. The highest BCUT2D eigenvalue weighted by Crippen LogP contribution is 2.61. The van der Waals surface area contributed by atoms with Gasteiger partial charge in [-0.2, -0.15) is 4.91 Å². The standard InChI is InChI=1S/C19H25NO2/c1-19-10-9-15-14-6-4-13(22-2)11-12(14)3-5-16(15)17(19)7-8-18(19)20-21/h4,6,11,15-18H,3,5,7-10H2,1-2H3/t15-,16-,17+,18?,19+/m1/s1. The van der Waals surface area contributed by atoms with Gasteiger partial charge in [0.1, 0.15) is 5.75 Å². The van der Waals surface area contributed by atoms with Crippen LogP contribution in [0.5, 0.6) is 5.75 Å². The lowest BCUT2D eigenvalue weighted by molar-refractivity contribution is 0.0498. The van der Waals surface area contributed by atoms with Crippen LogP contribution in [0.3, 0.4) is 0 Å². The van der Waals surface area contributed by atoms with E-state index in [1.54, 1.807) is 12.7 Å². The molecule has 1 unspecified atom stereocenters. The summed E-state index contributed by atoms with van der Waals surface area (Å²) < 4.78 is 5.38. The minimum Gasteiger partial charge on any atom is -0.497 e. The van der Waals surface area contributed by atoms with Gasteiger partial charge in [0.05, 0.1) is 13.2 Å². The Labute approximate surface area is 132 Å². The Morgan fingerprint density at radius 1 is 1.23 bits per heavy atom. The Kier molecular flexibility index (Phi) is 3.28. The molecule has 0 N–H and O–H groups in total. The van der Waals surface area contributed by atoms with Crippen molar-refractivity contribution in [2.45, 2.75) is 57.4 Å². The average Bonchev–Trinajstić information content (AvgIpc) is 2.90. The van der Waals surface area contributed by atoms with E-state index in [1.165, 1.54) is 24.8 Å². The van der Waals surface area contributed by atoms with Crippen LogP contribution in [0, 0.1) is 22.2 Å². The maximum Gasteiger partial charge on any atom is 0.119 e. The SMILES string of the molecule is COc1ccc2c(c1)CC[C@@H]1[C@@H]2CC[C@]2(C)C(N=O)CC[C@@H]12. The number of rotatable bonds is 2. The first-order valence-corrected chi connectivity index (χ1v) is 8.66. The van der Waals surface area contributed by atoms with Gasteiger partial charge in [-0.25, -0.2) is 0 Å². The van der Waals surface area contributed by atoms with Crippen molar-refractivity contribution in [3.05, 3.63) is 34.2 Å². The molecular formula is C19H25NO2. The first-order chi connectivity index (χ1) is 10.7. The molecule has 0 heterocycles. The maximum atomic E-state index is 11.2. The van der Waals surface area contributed by atoms with Gasteiger partial charge in [0.15, 0.2) is 0 Å². The molecule has 1 aromatic carbocycles. The van der Waals surface area contributed by atoms with E-state index < -0.39 is 0 Å². The van der Waals surface area contributed by atoms with E-state index in [0.29, 0.717) is 11.8 Å². The van der Waals surface area contributed by atoms with E-state index in [2.05, 4.69) is 30.3 Å². The Hall–Kier alpha value is -1.38. The lowest BCUT2D eigenvalue weighted by atomic mass is 9.55. The topological polar surface area (TPSA) is 38.7 Å². The third-order valence-corrected chi connectivity index (χ3v) is 7.01. The molecule has 22 heavy (non-hydrogen) atoms. The van der Waals surface area contributed by atoms with E-state index in [4.69, 9.17) is 4.74 Å². The van der Waals surface area contributed by atoms with Crippen LogP contribution in [0.2, 0.25) is 0 Å². The van der Waals surface area contributed by atoms with Crippen molar-refractivity contribution in [1.29, 1.82) is 0 Å². The molecule has 0 aliphatic heterocycles. The molecule has 0 amide bonds. The first kappa shape index (κ1) is 14.2. The number of aryl methyl sites for hydroxylation is 1. The van der Waals surface area contributed by atoms with Crippen LogP contribution in [0.25, 0.3) is 0 Å². The molecule has 3 nitrogen and oxygen atoms in total. The van der Waals surface area contributed by atoms with Gasteiger partial charge < -0.3 is 4.74 Å². The zero-order valence-electron chi connectivity index (χ0n) is 13.5. The van der Waals surface area contributed by atoms with E-state index in [0.717, 1.165) is 30.9 Å². The van der Waals surface area contributed by atoms with Gasteiger partial charge in [-0.15, -0.1) is 0 Å². The minimum absolute atomic E-state index is 0.0516. The number of nitrogens with zero attached hydrogens (tertiary/aromatic N) is 1. The molecule has 3 heteroatoms. The number of ether oxygens (including phenoxy) is 1. The van der Waals surface area contributed by atoms with Crippen molar-refractivity contribution in [1.82, 2.24) is 0 Å². The molecule has 1 aromatic rings. The highest BCUT2D eigenvalue weighted by atomic mass is 16.5. The first-order valence-electron chi connectivity index (χ1n) is 8.66. The number of hydrogen-bond acceptors (Lipinski definition) is 3. The summed E-state index contributed by atoms with van der Waals surface area (Å²) in [6.45, 7) is 2.33. The molecule has 0 radical (unpaired) electrons. The van der Waals surface area contributed by atoms with Gasteiger partial charge in [0.25, 0.3) is 0 Å². The molecule has 2 fully saturated rings. The fraction of sp³-hybridized carbons (Fsp3) is 0.684. The zero-order chi connectivity index (χ0) is 15.3. The molecule has 2 saturated carbocycles. The van der Waals surface area contributed by atoms with Gasteiger partial charge in [0, 0.05) is 0 Å². The summed E-state index contributed by atoms with van der Waals surface area (Å²) >= 11 is 0. The monoisotopic (exact) mass is 299 g/mol. The summed E-state index contributed by atoms with van der Waals surface area (Å²) in [7, 11) is 1.74. The number of methoxy groups -OCH3 is 1. The summed E-state index contributed by atoms with van der Waals surface area (Å²) in [5.41, 5.74) is 3.18. The Morgan fingerprint density at radius 2 is 2.09 bits per heavy atom. The highest BCUT2D eigenvalue weighted by molar-refractivity contribution is 5.40. The van der Waals surface area contributed by atoms with Gasteiger partial charge >= 0.3 is 0 Å². The molecule has 0 bridgehead atoms. The average molecular weight is 299 g/mol. The van der Waals surface area contributed by atoms with E-state index in [-0.39, 0.29) is 11.5 Å². The molecular weight excluding hydrogens is 274 g/mol. The molecule has 118 valence electrons. The van der Waals surface area contributed by atoms with Crippen LogP contribution < -0.4 is 4.74 Å². The molecule has 0 aromatic heterocycles. The number of hydrogen-bond donors (Lipinski definition) is 0. The second-order valence-corrected chi connectivity index (χ2v) is 7.72. The van der Waals surface area contributed by atoms with Crippen molar-refractivity contribution in [3.8, 4) is 5.75 Å². The Balaban J connectivity index is 1.67. The second-order valence-electron chi connectivity index (χ2n) is 7.72. The lowest BCUT2D eigenvalue weighted by Gasteiger charge is -2.49. The number of fused-ring (bicyclic) bond motifs is 5. The predicted octanol–water partition coefficient (Wildman–Crippen LogP) is 4.69. The Bertz CT molecular complexity index is 599. The van der Waals surface area contributed by atoms with Crippen molar-refractivity contribution < 1.29 is 4.74 Å². The predicted molar refractivity (Wildman–Crippen MR) is 87.2 cm³/mol. The van der Waals surface area contributed by atoms with E-state index in [1.807, 2.05) is 0 Å². The quantitative estimate of drug-likeness (QED) is 0.743. The summed E-state index contributed by atoms with van der Waals surface area (Å²) in [5.74, 6) is 3.08. The summed E-state index contributed by atoms with van der Waals surface area (Å²) in [4.78, 5) is 11.2. The summed E-state index contributed by atoms with van der Waals surface area (Å²) in [6.07, 6.45) is 6.97. The lowest BCUT2D eigenvalue weighted by Crippen LogP contribution is -2.43. The molecule has 4 rings (SSSR count). The summed E-state index contributed by atoms with van der Waals surface area (Å²) in [5, 5.41) is 3.48. The highest BCUT2D eigenvalue weighted by Gasteiger charge is 2.55. The molecule has 0 spiro atoms. The largest absolute Gasteiger partial charge is 0.497 e. The van der Waals surface area contributed by atoms with Gasteiger partial charge in [-0.1, -0.05) is 18.2 Å². The van der Waals surface area contributed by atoms with Crippen LogP contribution in [0.4, 0.5) is 0 Å². The normalized spacial score (nSPS) is 39.5. The van der Waals surface area contributed by atoms with Crippen molar-refractivity contribution in [2.75, 3.05) is 7.11 Å². The fourth-order valence-corrected chi connectivity index (χ4v) is 5.83. The fourth-order valence-electron chi connectivity index (χ4n) is 5.83. The maximum absolute atomic E-state index is 11.2. The third-order valence-electron chi connectivity index (χ3n) is 7.01. The van der Waals surface area contributed by atoms with Gasteiger partial charge in [-0.05, 0) is 85.0 Å². The minimum atomic E-state index is 0.0516. The Morgan fingerprint density at radius 3 is 2.86 bits per heavy atom. The molecule has 3 aliphatic rings. The number of benzene rings is 1. The van der Waals surface area contributed by atoms with E-state index >= 15 is 0 Å². The second kappa shape index (κ2) is 5.07. The van der Waals surface area contributed by atoms with Crippen molar-refractivity contribution >= 4 is 0 Å². The van der Waals surface area contributed by atoms with Crippen LogP contribution in [-0.4, -0.2) is 13.2 Å². The van der Waals surface area contributed by atoms with Crippen LogP contribution >= 0.6 is 0 Å². The molecule has 5 atom stereocenters.